The third kappa shape index (κ3) is 3.59. The summed E-state index contributed by atoms with van der Waals surface area (Å²) in [5.41, 5.74) is 2.74. The third-order valence-corrected chi connectivity index (χ3v) is 7.38. The molecule has 2 aliphatic rings. The van der Waals surface area contributed by atoms with Gasteiger partial charge in [0.1, 0.15) is 10.7 Å². The first-order chi connectivity index (χ1) is 13.1. The lowest BCUT2D eigenvalue weighted by atomic mass is 9.87. The monoisotopic (exact) mass is 387 g/mol. The lowest BCUT2D eigenvalue weighted by molar-refractivity contribution is 0.0730. The van der Waals surface area contributed by atoms with Crippen molar-refractivity contribution < 1.29 is 13.2 Å². The summed E-state index contributed by atoms with van der Waals surface area (Å²) in [5, 5.41) is 0. The van der Waals surface area contributed by atoms with E-state index < -0.39 is 10.0 Å². The largest absolute Gasteiger partial charge is 0.379 e. The number of sulfonamides is 1. The predicted octanol–water partition coefficient (Wildman–Crippen LogP) is 2.62. The van der Waals surface area contributed by atoms with Gasteiger partial charge in [-0.25, -0.2) is 13.4 Å². The van der Waals surface area contributed by atoms with Crippen LogP contribution < -0.4 is 4.90 Å². The van der Waals surface area contributed by atoms with E-state index in [-0.39, 0.29) is 10.9 Å². The van der Waals surface area contributed by atoms with Crippen LogP contribution in [0.3, 0.4) is 0 Å². The van der Waals surface area contributed by atoms with Crippen LogP contribution in [0.4, 0.5) is 5.82 Å². The fourth-order valence-corrected chi connectivity index (χ4v) is 5.31. The number of anilines is 1. The second-order valence-corrected chi connectivity index (χ2v) is 9.02. The van der Waals surface area contributed by atoms with Gasteiger partial charge in [0.25, 0.3) is 0 Å². The minimum absolute atomic E-state index is 0.241. The summed E-state index contributed by atoms with van der Waals surface area (Å²) >= 11 is 0. The van der Waals surface area contributed by atoms with Gasteiger partial charge in [-0.1, -0.05) is 24.3 Å². The first-order valence-corrected chi connectivity index (χ1v) is 10.9. The molecule has 0 unspecified atom stereocenters. The van der Waals surface area contributed by atoms with Crippen molar-refractivity contribution in [2.45, 2.75) is 30.2 Å². The molecule has 27 heavy (non-hydrogen) atoms. The van der Waals surface area contributed by atoms with Crippen molar-refractivity contribution in [1.82, 2.24) is 9.29 Å². The molecule has 0 N–H and O–H groups in total. The topological polar surface area (TPSA) is 62.7 Å². The van der Waals surface area contributed by atoms with Crippen molar-refractivity contribution in [3.63, 3.8) is 0 Å². The van der Waals surface area contributed by atoms with Gasteiger partial charge in [-0.2, -0.15) is 4.31 Å². The quantitative estimate of drug-likeness (QED) is 0.807. The number of fused-ring (bicyclic) bond motifs is 1. The van der Waals surface area contributed by atoms with E-state index in [0.717, 1.165) is 25.1 Å². The molecule has 1 fully saturated rings. The number of benzene rings is 1. The smallest absolute Gasteiger partial charge is 0.244 e. The minimum atomic E-state index is -3.51. The normalized spacial score (nSPS) is 20.9. The second kappa shape index (κ2) is 7.58. The van der Waals surface area contributed by atoms with Crippen LogP contribution in [0.15, 0.2) is 47.5 Å². The van der Waals surface area contributed by atoms with E-state index in [2.05, 4.69) is 34.1 Å². The number of pyridine rings is 1. The van der Waals surface area contributed by atoms with Crippen LogP contribution in [0.25, 0.3) is 0 Å². The summed E-state index contributed by atoms with van der Waals surface area (Å²) < 4.78 is 32.2. The van der Waals surface area contributed by atoms with E-state index in [1.807, 2.05) is 13.1 Å². The van der Waals surface area contributed by atoms with Crippen molar-refractivity contribution in [1.29, 1.82) is 0 Å². The van der Waals surface area contributed by atoms with Gasteiger partial charge >= 0.3 is 0 Å². The zero-order valence-electron chi connectivity index (χ0n) is 15.5. The standard InChI is InChI=1S/C20H25N3O3S/c1-22(19-8-4-6-16-5-2-3-7-18(16)19)20-10-9-17(15-21-20)27(24,25)23-11-13-26-14-12-23/h2-3,5,7,9-10,15,19H,4,6,8,11-14H2,1H3/t19-/m0/s1. The first kappa shape index (κ1) is 18.4. The summed E-state index contributed by atoms with van der Waals surface area (Å²) in [6, 6.07) is 12.3. The number of aryl methyl sites for hydroxylation is 1. The maximum atomic E-state index is 12.8. The summed E-state index contributed by atoms with van der Waals surface area (Å²) in [4.78, 5) is 6.87. The Hall–Kier alpha value is -1.96. The fraction of sp³-hybridized carbons (Fsp3) is 0.450. The van der Waals surface area contributed by atoms with Crippen molar-refractivity contribution in [2.24, 2.45) is 0 Å². The minimum Gasteiger partial charge on any atom is -0.379 e. The molecule has 0 bridgehead atoms. The Labute approximate surface area is 160 Å². The zero-order valence-corrected chi connectivity index (χ0v) is 16.4. The molecule has 0 amide bonds. The van der Waals surface area contributed by atoms with Gasteiger partial charge in [0.15, 0.2) is 0 Å². The highest BCUT2D eigenvalue weighted by atomic mass is 32.2. The summed E-state index contributed by atoms with van der Waals surface area (Å²) in [7, 11) is -1.47. The number of rotatable bonds is 4. The Bertz CT molecular complexity index is 893. The van der Waals surface area contributed by atoms with Gasteiger partial charge in [0.2, 0.25) is 10.0 Å². The molecular weight excluding hydrogens is 362 g/mol. The first-order valence-electron chi connectivity index (χ1n) is 9.42. The van der Waals surface area contributed by atoms with E-state index in [0.29, 0.717) is 26.3 Å². The van der Waals surface area contributed by atoms with Crippen molar-refractivity contribution in [3.8, 4) is 0 Å². The van der Waals surface area contributed by atoms with Crippen LogP contribution in [0.1, 0.15) is 30.0 Å². The SMILES string of the molecule is CN(c1ccc(S(=O)(=O)N2CCOCC2)cn1)[C@H]1CCCc2ccccc21. The molecule has 2 aromatic rings. The third-order valence-electron chi connectivity index (χ3n) is 5.50. The molecular formula is C20H25N3O3S. The summed E-state index contributed by atoms with van der Waals surface area (Å²) in [6.45, 7) is 1.66. The van der Waals surface area contributed by atoms with Crippen molar-refractivity contribution >= 4 is 15.8 Å². The number of nitrogens with zero attached hydrogens (tertiary/aromatic N) is 3. The molecule has 0 radical (unpaired) electrons. The van der Waals surface area contributed by atoms with E-state index in [1.54, 1.807) is 6.07 Å². The lowest BCUT2D eigenvalue weighted by Crippen LogP contribution is -2.40. The molecule has 1 aromatic carbocycles. The van der Waals surface area contributed by atoms with Crippen LogP contribution >= 0.6 is 0 Å². The second-order valence-electron chi connectivity index (χ2n) is 7.09. The zero-order chi connectivity index (χ0) is 18.9. The lowest BCUT2D eigenvalue weighted by Gasteiger charge is -2.34. The van der Waals surface area contributed by atoms with Gasteiger partial charge in [0, 0.05) is 26.3 Å². The van der Waals surface area contributed by atoms with E-state index in [1.165, 1.54) is 21.6 Å². The summed E-state index contributed by atoms with van der Waals surface area (Å²) in [5.74, 6) is 0.789. The Kier molecular flexibility index (Phi) is 5.16. The molecule has 6 nitrogen and oxygen atoms in total. The molecule has 0 saturated carbocycles. The van der Waals surface area contributed by atoms with Crippen LogP contribution in [-0.2, 0) is 21.2 Å². The molecule has 1 aromatic heterocycles. The van der Waals surface area contributed by atoms with Crippen molar-refractivity contribution in [2.75, 3.05) is 38.3 Å². The molecule has 0 spiro atoms. The number of hydrogen-bond donors (Lipinski definition) is 0. The Morgan fingerprint density at radius 2 is 1.93 bits per heavy atom. The van der Waals surface area contributed by atoms with Crippen LogP contribution in [0, 0.1) is 0 Å². The van der Waals surface area contributed by atoms with Crippen LogP contribution in [-0.4, -0.2) is 51.1 Å². The maximum Gasteiger partial charge on any atom is 0.244 e. The number of aromatic nitrogens is 1. The highest BCUT2D eigenvalue weighted by molar-refractivity contribution is 7.89. The average Bonchev–Trinajstić information content (AvgIpc) is 2.73. The molecule has 1 aliphatic carbocycles. The number of ether oxygens (including phenoxy) is 1. The molecule has 144 valence electrons. The predicted molar refractivity (Wildman–Crippen MR) is 104 cm³/mol. The molecule has 2 heterocycles. The van der Waals surface area contributed by atoms with Crippen molar-refractivity contribution in [3.05, 3.63) is 53.7 Å². The van der Waals surface area contributed by atoms with Gasteiger partial charge < -0.3 is 9.64 Å². The number of morpholine rings is 1. The summed E-state index contributed by atoms with van der Waals surface area (Å²) in [6.07, 6.45) is 4.81. The van der Waals surface area contributed by atoms with Gasteiger partial charge in [-0.15, -0.1) is 0 Å². The van der Waals surface area contributed by atoms with Gasteiger partial charge in [-0.05, 0) is 42.5 Å². The average molecular weight is 388 g/mol. The fourth-order valence-electron chi connectivity index (χ4n) is 3.96. The van der Waals surface area contributed by atoms with E-state index in [9.17, 15) is 8.42 Å². The Morgan fingerprint density at radius 3 is 2.67 bits per heavy atom. The van der Waals surface area contributed by atoms with E-state index in [4.69, 9.17) is 4.74 Å². The highest BCUT2D eigenvalue weighted by Crippen LogP contribution is 2.35. The van der Waals surface area contributed by atoms with Crippen LogP contribution in [0.2, 0.25) is 0 Å². The highest BCUT2D eigenvalue weighted by Gasteiger charge is 2.28. The van der Waals surface area contributed by atoms with Gasteiger partial charge in [0.05, 0.1) is 19.3 Å². The maximum absolute atomic E-state index is 12.8. The number of hydrogen-bond acceptors (Lipinski definition) is 5. The Morgan fingerprint density at radius 1 is 1.15 bits per heavy atom. The van der Waals surface area contributed by atoms with Gasteiger partial charge in [-0.3, -0.25) is 0 Å². The molecule has 1 saturated heterocycles. The molecule has 7 heteroatoms. The Balaban J connectivity index is 1.56. The molecule has 4 rings (SSSR count). The molecule has 1 aliphatic heterocycles. The molecule has 1 atom stereocenters. The van der Waals surface area contributed by atoms with Crippen LogP contribution in [0.5, 0.6) is 0 Å². The van der Waals surface area contributed by atoms with E-state index >= 15 is 0 Å².